The number of carbonyl (C=O) groups is 1. The van der Waals surface area contributed by atoms with Crippen molar-refractivity contribution in [2.75, 3.05) is 24.3 Å². The van der Waals surface area contributed by atoms with Crippen LogP contribution in [0.2, 0.25) is 0 Å². The predicted octanol–water partition coefficient (Wildman–Crippen LogP) is 3.00. The molecule has 0 aliphatic carbocycles. The number of nitrogens with one attached hydrogen (secondary N) is 1. The van der Waals surface area contributed by atoms with E-state index in [9.17, 15) is 4.79 Å². The van der Waals surface area contributed by atoms with Gasteiger partial charge in [0.1, 0.15) is 5.76 Å². The van der Waals surface area contributed by atoms with Crippen LogP contribution in [0.3, 0.4) is 0 Å². The van der Waals surface area contributed by atoms with E-state index in [1.807, 2.05) is 43.3 Å². The number of hydrogen-bond acceptors (Lipinski definition) is 3. The van der Waals surface area contributed by atoms with Crippen molar-refractivity contribution >= 4 is 23.4 Å². The fraction of sp³-hybridized carbons (Fsp3) is 0.133. The molecular formula is C15H16N2O2. The van der Waals surface area contributed by atoms with Gasteiger partial charge in [0.2, 0.25) is 5.91 Å². The average molecular weight is 256 g/mol. The van der Waals surface area contributed by atoms with Gasteiger partial charge in [-0.25, -0.2) is 0 Å². The number of amides is 1. The minimum Gasteiger partial charge on any atom is -0.465 e. The summed E-state index contributed by atoms with van der Waals surface area (Å²) in [6.45, 7) is 0. The number of benzene rings is 1. The summed E-state index contributed by atoms with van der Waals surface area (Å²) in [5.74, 6) is 0.465. The Balaban J connectivity index is 1.95. The summed E-state index contributed by atoms with van der Waals surface area (Å²) in [4.78, 5) is 13.7. The monoisotopic (exact) mass is 256 g/mol. The van der Waals surface area contributed by atoms with E-state index < -0.39 is 0 Å². The Morgan fingerprint density at radius 2 is 1.95 bits per heavy atom. The highest BCUT2D eigenvalue weighted by Crippen LogP contribution is 2.15. The maximum Gasteiger partial charge on any atom is 0.248 e. The minimum atomic E-state index is -0.186. The van der Waals surface area contributed by atoms with Crippen molar-refractivity contribution in [2.45, 2.75) is 0 Å². The zero-order valence-corrected chi connectivity index (χ0v) is 11.0. The van der Waals surface area contributed by atoms with Crippen LogP contribution in [0, 0.1) is 0 Å². The van der Waals surface area contributed by atoms with Crippen molar-refractivity contribution in [2.24, 2.45) is 0 Å². The highest BCUT2D eigenvalue weighted by molar-refractivity contribution is 6.01. The topological polar surface area (TPSA) is 45.5 Å². The van der Waals surface area contributed by atoms with Gasteiger partial charge in [-0.15, -0.1) is 0 Å². The molecule has 4 nitrogen and oxygen atoms in total. The third kappa shape index (κ3) is 3.74. The first kappa shape index (κ1) is 13.0. The average Bonchev–Trinajstić information content (AvgIpc) is 2.90. The number of nitrogens with zero attached hydrogens (tertiary/aromatic N) is 1. The molecule has 0 saturated heterocycles. The highest BCUT2D eigenvalue weighted by atomic mass is 16.3. The lowest BCUT2D eigenvalue weighted by molar-refractivity contribution is -0.111. The zero-order chi connectivity index (χ0) is 13.7. The molecule has 1 aromatic carbocycles. The molecular weight excluding hydrogens is 240 g/mol. The van der Waals surface area contributed by atoms with Gasteiger partial charge in [0, 0.05) is 31.5 Å². The minimum absolute atomic E-state index is 0.186. The van der Waals surface area contributed by atoms with Crippen LogP contribution in [0.25, 0.3) is 6.08 Å². The van der Waals surface area contributed by atoms with Crippen LogP contribution in [-0.4, -0.2) is 20.0 Å². The van der Waals surface area contributed by atoms with E-state index in [1.54, 1.807) is 24.5 Å². The van der Waals surface area contributed by atoms with Gasteiger partial charge in [-0.1, -0.05) is 0 Å². The van der Waals surface area contributed by atoms with Crippen LogP contribution in [0.1, 0.15) is 5.76 Å². The summed E-state index contributed by atoms with van der Waals surface area (Å²) in [5.41, 5.74) is 1.85. The fourth-order valence-electron chi connectivity index (χ4n) is 1.57. The third-order valence-electron chi connectivity index (χ3n) is 2.59. The fourth-order valence-corrected chi connectivity index (χ4v) is 1.57. The standard InChI is InChI=1S/C15H16N2O2/c1-17(2)13-7-5-12(6-8-13)16-15(18)10-9-14-4-3-11-19-14/h3-11H,1-2H3,(H,16,18)/b10-9+. The van der Waals surface area contributed by atoms with Crippen LogP contribution < -0.4 is 10.2 Å². The van der Waals surface area contributed by atoms with E-state index in [0.717, 1.165) is 11.4 Å². The summed E-state index contributed by atoms with van der Waals surface area (Å²) in [5, 5.41) is 2.78. The number of anilines is 2. The van der Waals surface area contributed by atoms with Gasteiger partial charge in [0.05, 0.1) is 6.26 Å². The van der Waals surface area contributed by atoms with Crippen LogP contribution in [0.5, 0.6) is 0 Å². The van der Waals surface area contributed by atoms with E-state index in [4.69, 9.17) is 4.42 Å². The molecule has 0 radical (unpaired) electrons. The lowest BCUT2D eigenvalue weighted by Gasteiger charge is -2.12. The molecule has 2 aromatic rings. The Morgan fingerprint density at radius 3 is 2.53 bits per heavy atom. The normalized spacial score (nSPS) is 10.6. The van der Waals surface area contributed by atoms with Crippen molar-refractivity contribution in [3.63, 3.8) is 0 Å². The lowest BCUT2D eigenvalue weighted by atomic mass is 10.2. The summed E-state index contributed by atoms with van der Waals surface area (Å²) < 4.78 is 5.10. The molecule has 0 spiro atoms. The first-order valence-electron chi connectivity index (χ1n) is 5.95. The first-order valence-corrected chi connectivity index (χ1v) is 5.95. The Kier molecular flexibility index (Phi) is 4.03. The molecule has 0 bridgehead atoms. The second kappa shape index (κ2) is 5.91. The van der Waals surface area contributed by atoms with Crippen LogP contribution in [-0.2, 0) is 4.79 Å². The Morgan fingerprint density at radius 1 is 1.21 bits per heavy atom. The van der Waals surface area contributed by atoms with Gasteiger partial charge >= 0.3 is 0 Å². The lowest BCUT2D eigenvalue weighted by Crippen LogP contribution is -2.10. The number of furan rings is 1. The van der Waals surface area contributed by atoms with Gasteiger partial charge in [-0.3, -0.25) is 4.79 Å². The molecule has 0 aliphatic heterocycles. The summed E-state index contributed by atoms with van der Waals surface area (Å²) in [7, 11) is 3.94. The molecule has 1 amide bonds. The summed E-state index contributed by atoms with van der Waals surface area (Å²) in [6, 6.07) is 11.2. The highest BCUT2D eigenvalue weighted by Gasteiger charge is 1.99. The van der Waals surface area contributed by atoms with Crippen LogP contribution in [0.15, 0.2) is 53.2 Å². The predicted molar refractivity (Wildman–Crippen MR) is 77.1 cm³/mol. The molecule has 19 heavy (non-hydrogen) atoms. The molecule has 1 heterocycles. The Bertz CT molecular complexity index is 554. The smallest absolute Gasteiger partial charge is 0.248 e. The number of rotatable bonds is 4. The van der Waals surface area contributed by atoms with E-state index in [2.05, 4.69) is 5.32 Å². The van der Waals surface area contributed by atoms with Crippen molar-refractivity contribution in [1.82, 2.24) is 0 Å². The van der Waals surface area contributed by atoms with Crippen molar-refractivity contribution in [1.29, 1.82) is 0 Å². The molecule has 0 atom stereocenters. The summed E-state index contributed by atoms with van der Waals surface area (Å²) >= 11 is 0. The summed E-state index contributed by atoms with van der Waals surface area (Å²) in [6.07, 6.45) is 4.64. The molecule has 0 aliphatic rings. The largest absolute Gasteiger partial charge is 0.465 e. The number of hydrogen-bond donors (Lipinski definition) is 1. The van der Waals surface area contributed by atoms with Gasteiger partial charge in [-0.05, 0) is 42.5 Å². The molecule has 1 N–H and O–H groups in total. The Labute approximate surface area is 112 Å². The van der Waals surface area contributed by atoms with Gasteiger partial charge < -0.3 is 14.6 Å². The maximum atomic E-state index is 11.7. The van der Waals surface area contributed by atoms with E-state index in [0.29, 0.717) is 5.76 Å². The zero-order valence-electron chi connectivity index (χ0n) is 11.0. The van der Waals surface area contributed by atoms with Crippen molar-refractivity contribution in [3.05, 3.63) is 54.5 Å². The van der Waals surface area contributed by atoms with E-state index in [-0.39, 0.29) is 5.91 Å². The van der Waals surface area contributed by atoms with Crippen molar-refractivity contribution in [3.8, 4) is 0 Å². The molecule has 2 rings (SSSR count). The SMILES string of the molecule is CN(C)c1ccc(NC(=O)/C=C/c2ccco2)cc1. The van der Waals surface area contributed by atoms with Gasteiger partial charge in [-0.2, -0.15) is 0 Å². The molecule has 0 saturated carbocycles. The molecule has 4 heteroatoms. The molecule has 0 fully saturated rings. The van der Waals surface area contributed by atoms with Crippen LogP contribution >= 0.6 is 0 Å². The third-order valence-corrected chi connectivity index (χ3v) is 2.59. The maximum absolute atomic E-state index is 11.7. The molecule has 98 valence electrons. The first-order chi connectivity index (χ1) is 9.15. The van der Waals surface area contributed by atoms with E-state index in [1.165, 1.54) is 6.08 Å². The second-order valence-electron chi connectivity index (χ2n) is 4.28. The van der Waals surface area contributed by atoms with Gasteiger partial charge in [0.25, 0.3) is 0 Å². The number of carbonyl (C=O) groups excluding carboxylic acids is 1. The molecule has 1 aromatic heterocycles. The van der Waals surface area contributed by atoms with Gasteiger partial charge in [0.15, 0.2) is 0 Å². The van der Waals surface area contributed by atoms with E-state index >= 15 is 0 Å². The molecule has 0 unspecified atom stereocenters. The van der Waals surface area contributed by atoms with Crippen molar-refractivity contribution < 1.29 is 9.21 Å². The second-order valence-corrected chi connectivity index (χ2v) is 4.28. The Hall–Kier alpha value is -2.49. The van der Waals surface area contributed by atoms with Crippen LogP contribution in [0.4, 0.5) is 11.4 Å². The quantitative estimate of drug-likeness (QED) is 0.855.